The van der Waals surface area contributed by atoms with E-state index in [1.165, 1.54) is 0 Å². The van der Waals surface area contributed by atoms with Crippen LogP contribution in [0.2, 0.25) is 0 Å². The quantitative estimate of drug-likeness (QED) is 0.283. The third-order valence-corrected chi connectivity index (χ3v) is 6.80. The van der Waals surface area contributed by atoms with Crippen molar-refractivity contribution >= 4 is 51.3 Å². The van der Waals surface area contributed by atoms with Crippen molar-refractivity contribution in [1.82, 2.24) is 0 Å². The van der Waals surface area contributed by atoms with Crippen molar-refractivity contribution in [3.63, 3.8) is 0 Å². The average molecular weight is 482 g/mol. The van der Waals surface area contributed by atoms with Crippen LogP contribution < -0.4 is 0 Å². The van der Waals surface area contributed by atoms with Crippen molar-refractivity contribution in [3.05, 3.63) is 0 Å². The van der Waals surface area contributed by atoms with E-state index in [4.69, 9.17) is 9.47 Å². The number of hydrogen-bond donors (Lipinski definition) is 0. The fraction of sp³-hybridized carbons (Fsp3) is 0.923. The summed E-state index contributed by atoms with van der Waals surface area (Å²) in [6, 6.07) is 0. The van der Waals surface area contributed by atoms with E-state index in [-0.39, 0.29) is 0 Å². The van der Waals surface area contributed by atoms with Gasteiger partial charge in [-0.2, -0.15) is 0 Å². The molecule has 0 rings (SSSR count). The van der Waals surface area contributed by atoms with E-state index < -0.39 is 6.16 Å². The molecule has 18 heavy (non-hydrogen) atoms. The van der Waals surface area contributed by atoms with Gasteiger partial charge in [0.1, 0.15) is 0 Å². The smallest absolute Gasteiger partial charge is 0.434 e. The molecule has 3 nitrogen and oxygen atoms in total. The van der Waals surface area contributed by atoms with E-state index in [1.54, 1.807) is 0 Å². The normalized spacial score (nSPS) is 14.7. The maximum Gasteiger partial charge on any atom is 0.508 e. The maximum absolute atomic E-state index is 11.3. The molecule has 0 saturated carbocycles. The Bertz CT molecular complexity index is 210. The Hall–Kier alpha value is 0.730. The fourth-order valence-electron chi connectivity index (χ4n) is 1.22. The van der Waals surface area contributed by atoms with Gasteiger partial charge < -0.3 is 9.47 Å². The van der Waals surface area contributed by atoms with Crippen LogP contribution >= 0.6 is 45.2 Å². The zero-order valence-electron chi connectivity index (χ0n) is 11.6. The third kappa shape index (κ3) is 9.63. The van der Waals surface area contributed by atoms with Crippen LogP contribution in [0.5, 0.6) is 0 Å². The summed E-state index contributed by atoms with van der Waals surface area (Å²) in [4.78, 5) is 11.3. The molecule has 0 aromatic heterocycles. The zero-order valence-corrected chi connectivity index (χ0v) is 15.9. The van der Waals surface area contributed by atoms with E-state index in [1.807, 2.05) is 0 Å². The fourth-order valence-corrected chi connectivity index (χ4v) is 1.73. The molecule has 0 radical (unpaired) electrons. The molecule has 0 spiro atoms. The first kappa shape index (κ1) is 18.7. The van der Waals surface area contributed by atoms with Crippen LogP contribution in [-0.4, -0.2) is 27.2 Å². The lowest BCUT2D eigenvalue weighted by atomic mass is 10.1. The SMILES string of the molecule is CC(C)C(I)CCOC(=O)OCCC(I)C(C)C. The number of alkyl halides is 2. The first-order valence-electron chi connectivity index (χ1n) is 6.42. The van der Waals surface area contributed by atoms with Crippen LogP contribution in [0.15, 0.2) is 0 Å². The third-order valence-electron chi connectivity index (χ3n) is 2.67. The van der Waals surface area contributed by atoms with Crippen LogP contribution in [0.4, 0.5) is 4.79 Å². The molecule has 0 N–H and O–H groups in total. The molecule has 0 aliphatic rings. The van der Waals surface area contributed by atoms with E-state index in [0.29, 0.717) is 32.9 Å². The van der Waals surface area contributed by atoms with Gasteiger partial charge in [-0.15, -0.1) is 0 Å². The van der Waals surface area contributed by atoms with Gasteiger partial charge >= 0.3 is 6.16 Å². The van der Waals surface area contributed by atoms with Crippen LogP contribution in [0, 0.1) is 11.8 Å². The van der Waals surface area contributed by atoms with Gasteiger partial charge in [-0.3, -0.25) is 0 Å². The van der Waals surface area contributed by atoms with Gasteiger partial charge in [0.15, 0.2) is 0 Å². The molecule has 0 aromatic carbocycles. The molecule has 0 heterocycles. The zero-order chi connectivity index (χ0) is 14.1. The monoisotopic (exact) mass is 482 g/mol. The summed E-state index contributed by atoms with van der Waals surface area (Å²) in [6.07, 6.45) is 1.23. The Morgan fingerprint density at radius 3 is 1.50 bits per heavy atom. The first-order valence-corrected chi connectivity index (χ1v) is 8.91. The molecular weight excluding hydrogens is 458 g/mol. The van der Waals surface area contributed by atoms with Gasteiger partial charge in [0.2, 0.25) is 0 Å². The van der Waals surface area contributed by atoms with Gasteiger partial charge in [-0.25, -0.2) is 4.79 Å². The van der Waals surface area contributed by atoms with Crippen LogP contribution in [-0.2, 0) is 9.47 Å². The molecule has 2 atom stereocenters. The molecule has 0 aromatic rings. The molecule has 0 aliphatic heterocycles. The lowest BCUT2D eigenvalue weighted by Gasteiger charge is -2.15. The molecule has 108 valence electrons. The maximum atomic E-state index is 11.3. The molecule has 2 unspecified atom stereocenters. The van der Waals surface area contributed by atoms with Crippen molar-refractivity contribution in [2.24, 2.45) is 11.8 Å². The van der Waals surface area contributed by atoms with Gasteiger partial charge in [-0.1, -0.05) is 72.9 Å². The van der Waals surface area contributed by atoms with Crippen LogP contribution in [0.1, 0.15) is 40.5 Å². The summed E-state index contributed by atoms with van der Waals surface area (Å²) in [5, 5.41) is 0. The minimum Gasteiger partial charge on any atom is -0.434 e. The van der Waals surface area contributed by atoms with Gasteiger partial charge in [0.05, 0.1) is 13.2 Å². The number of ether oxygens (including phenoxy) is 2. The van der Waals surface area contributed by atoms with E-state index in [9.17, 15) is 4.79 Å². The van der Waals surface area contributed by atoms with Crippen molar-refractivity contribution < 1.29 is 14.3 Å². The highest BCUT2D eigenvalue weighted by atomic mass is 127. The minimum atomic E-state index is -0.533. The molecule has 0 saturated heterocycles. The Morgan fingerprint density at radius 2 is 1.22 bits per heavy atom. The lowest BCUT2D eigenvalue weighted by Crippen LogP contribution is -2.16. The molecule has 5 heteroatoms. The Labute approximate surface area is 138 Å². The van der Waals surface area contributed by atoms with Gasteiger partial charge in [-0.05, 0) is 24.7 Å². The van der Waals surface area contributed by atoms with Gasteiger partial charge in [0, 0.05) is 7.85 Å². The van der Waals surface area contributed by atoms with Crippen molar-refractivity contribution in [2.75, 3.05) is 13.2 Å². The minimum absolute atomic E-state index is 0.447. The molecule has 0 bridgehead atoms. The second kappa shape index (κ2) is 10.5. The second-order valence-electron chi connectivity index (χ2n) is 5.04. The predicted molar refractivity (Wildman–Crippen MR) is 91.8 cm³/mol. The Morgan fingerprint density at radius 1 is 0.889 bits per heavy atom. The largest absolute Gasteiger partial charge is 0.508 e. The molecule has 0 aliphatic carbocycles. The van der Waals surface area contributed by atoms with E-state index in [0.717, 1.165) is 12.8 Å². The highest BCUT2D eigenvalue weighted by Gasteiger charge is 2.12. The lowest BCUT2D eigenvalue weighted by molar-refractivity contribution is 0.0531. The first-order chi connectivity index (χ1) is 8.34. The van der Waals surface area contributed by atoms with Crippen LogP contribution in [0.3, 0.4) is 0 Å². The Balaban J connectivity index is 3.55. The number of carbonyl (C=O) groups excluding carboxylic acids is 1. The average Bonchev–Trinajstić information content (AvgIpc) is 2.28. The number of hydrogen-bond acceptors (Lipinski definition) is 3. The molecular formula is C13H24I2O3. The number of carbonyl (C=O) groups is 1. The highest BCUT2D eigenvalue weighted by Crippen LogP contribution is 2.17. The summed E-state index contributed by atoms with van der Waals surface area (Å²) in [5.41, 5.74) is 0. The molecule has 0 amide bonds. The van der Waals surface area contributed by atoms with Crippen molar-refractivity contribution in [1.29, 1.82) is 0 Å². The predicted octanol–water partition coefficient (Wildman–Crippen LogP) is 4.84. The van der Waals surface area contributed by atoms with Crippen LogP contribution in [0.25, 0.3) is 0 Å². The van der Waals surface area contributed by atoms with Gasteiger partial charge in [0.25, 0.3) is 0 Å². The summed E-state index contributed by atoms with van der Waals surface area (Å²) >= 11 is 4.78. The topological polar surface area (TPSA) is 35.5 Å². The van der Waals surface area contributed by atoms with E-state index in [2.05, 4.69) is 72.9 Å². The van der Waals surface area contributed by atoms with E-state index >= 15 is 0 Å². The summed E-state index contributed by atoms with van der Waals surface area (Å²) < 4.78 is 11.1. The number of rotatable bonds is 8. The number of halogens is 2. The van der Waals surface area contributed by atoms with Crippen molar-refractivity contribution in [2.45, 2.75) is 48.4 Å². The standard InChI is InChI=1S/C13H24I2O3/c1-9(2)11(14)5-7-17-13(16)18-8-6-12(15)10(3)4/h9-12H,5-8H2,1-4H3. The summed E-state index contributed by atoms with van der Waals surface area (Å²) in [5.74, 6) is 1.21. The Kier molecular flexibility index (Phi) is 10.9. The second-order valence-corrected chi connectivity index (χ2v) is 8.24. The van der Waals surface area contributed by atoms with Crippen molar-refractivity contribution in [3.8, 4) is 0 Å². The summed E-state index contributed by atoms with van der Waals surface area (Å²) in [7, 11) is 0. The molecule has 0 fully saturated rings. The summed E-state index contributed by atoms with van der Waals surface area (Å²) in [6.45, 7) is 9.57. The highest BCUT2D eigenvalue weighted by molar-refractivity contribution is 14.1.